The van der Waals surface area contributed by atoms with Crippen LogP contribution >= 0.6 is 0 Å². The molecule has 0 aromatic heterocycles. The molecule has 2 N–H and O–H groups in total. The van der Waals surface area contributed by atoms with Crippen molar-refractivity contribution >= 4 is 11.8 Å². The molecule has 2 rings (SSSR count). The number of hydrogen-bond acceptors (Lipinski definition) is 5. The summed E-state index contributed by atoms with van der Waals surface area (Å²) in [5.74, 6) is -0.249. The van der Waals surface area contributed by atoms with Crippen LogP contribution in [0.15, 0.2) is 11.8 Å². The van der Waals surface area contributed by atoms with Crippen molar-refractivity contribution in [2.24, 2.45) is 0 Å². The van der Waals surface area contributed by atoms with Gasteiger partial charge in [-0.3, -0.25) is 9.59 Å². The number of carbonyl (C=O) groups excluding carboxylic acids is 2. The standard InChI is InChI=1S/C19H31N5O2/c1-14(25)23-6-8-24(9-7-23)17(26)15(12-20)13-21-16-10-18(2,3)22-19(4,5)11-16/h13,16,21-22H,6-11H2,1-5H3/b15-13-. The minimum Gasteiger partial charge on any atom is -0.387 e. The van der Waals surface area contributed by atoms with Gasteiger partial charge < -0.3 is 20.4 Å². The Morgan fingerprint density at radius 1 is 1.08 bits per heavy atom. The fourth-order valence-electron chi connectivity index (χ4n) is 4.18. The van der Waals surface area contributed by atoms with Crippen LogP contribution in [-0.2, 0) is 9.59 Å². The number of nitrogens with zero attached hydrogens (tertiary/aromatic N) is 3. The van der Waals surface area contributed by atoms with E-state index in [9.17, 15) is 14.9 Å². The van der Waals surface area contributed by atoms with Gasteiger partial charge in [0.1, 0.15) is 11.6 Å². The Bertz CT molecular complexity index is 608. The highest BCUT2D eigenvalue weighted by atomic mass is 16.2. The molecule has 0 aromatic rings. The van der Waals surface area contributed by atoms with Crippen LogP contribution in [0.3, 0.4) is 0 Å². The van der Waals surface area contributed by atoms with Crippen molar-refractivity contribution in [3.8, 4) is 6.07 Å². The molecule has 2 aliphatic rings. The molecule has 0 aromatic carbocycles. The Kier molecular flexibility index (Phi) is 5.97. The molecular formula is C19H31N5O2. The van der Waals surface area contributed by atoms with E-state index in [-0.39, 0.29) is 34.5 Å². The van der Waals surface area contributed by atoms with E-state index in [1.807, 2.05) is 6.07 Å². The largest absolute Gasteiger partial charge is 0.387 e. The third kappa shape index (κ3) is 5.21. The molecule has 0 radical (unpaired) electrons. The van der Waals surface area contributed by atoms with Gasteiger partial charge in [-0.25, -0.2) is 0 Å². The smallest absolute Gasteiger partial charge is 0.266 e. The van der Waals surface area contributed by atoms with E-state index in [4.69, 9.17) is 0 Å². The Morgan fingerprint density at radius 3 is 2.04 bits per heavy atom. The van der Waals surface area contributed by atoms with Crippen molar-refractivity contribution in [1.29, 1.82) is 5.26 Å². The van der Waals surface area contributed by atoms with Crippen LogP contribution in [0.1, 0.15) is 47.5 Å². The highest BCUT2D eigenvalue weighted by Crippen LogP contribution is 2.28. The Hall–Kier alpha value is -2.07. The molecule has 0 spiro atoms. The fourth-order valence-corrected chi connectivity index (χ4v) is 4.18. The van der Waals surface area contributed by atoms with Crippen molar-refractivity contribution in [2.45, 2.75) is 64.6 Å². The van der Waals surface area contributed by atoms with Gasteiger partial charge in [0.15, 0.2) is 0 Å². The minimum absolute atomic E-state index is 0.00685. The van der Waals surface area contributed by atoms with Gasteiger partial charge in [0.25, 0.3) is 5.91 Å². The van der Waals surface area contributed by atoms with Gasteiger partial charge in [0.05, 0.1) is 0 Å². The lowest BCUT2D eigenvalue weighted by Crippen LogP contribution is -2.61. The summed E-state index contributed by atoms with van der Waals surface area (Å²) in [6.07, 6.45) is 3.40. The van der Waals surface area contributed by atoms with E-state index in [0.717, 1.165) is 12.8 Å². The van der Waals surface area contributed by atoms with Crippen molar-refractivity contribution in [3.05, 3.63) is 11.8 Å². The first kappa shape index (κ1) is 20.2. The fraction of sp³-hybridized carbons (Fsp3) is 0.737. The molecule has 7 heteroatoms. The van der Waals surface area contributed by atoms with E-state index < -0.39 is 0 Å². The van der Waals surface area contributed by atoms with Gasteiger partial charge in [0, 0.05) is 56.4 Å². The van der Waals surface area contributed by atoms with Crippen molar-refractivity contribution < 1.29 is 9.59 Å². The zero-order chi connectivity index (χ0) is 19.5. The van der Waals surface area contributed by atoms with Gasteiger partial charge >= 0.3 is 0 Å². The lowest BCUT2D eigenvalue weighted by molar-refractivity contribution is -0.136. The van der Waals surface area contributed by atoms with Crippen molar-refractivity contribution in [3.63, 3.8) is 0 Å². The average molecular weight is 361 g/mol. The minimum atomic E-state index is -0.268. The predicted molar refractivity (Wildman–Crippen MR) is 100.0 cm³/mol. The topological polar surface area (TPSA) is 88.5 Å². The SMILES string of the molecule is CC(=O)N1CCN(C(=O)/C(C#N)=C\NC2CC(C)(C)NC(C)(C)C2)CC1. The van der Waals surface area contributed by atoms with E-state index in [0.29, 0.717) is 26.2 Å². The number of nitrogens with one attached hydrogen (secondary N) is 2. The first-order chi connectivity index (χ1) is 12.0. The molecule has 2 fully saturated rings. The van der Waals surface area contributed by atoms with Crippen LogP contribution in [-0.4, -0.2) is 64.9 Å². The average Bonchev–Trinajstić information content (AvgIpc) is 2.52. The third-order valence-corrected chi connectivity index (χ3v) is 5.02. The molecule has 0 unspecified atom stereocenters. The Labute approximate surface area is 156 Å². The number of nitriles is 1. The molecule has 26 heavy (non-hydrogen) atoms. The number of rotatable bonds is 3. The number of hydrogen-bond donors (Lipinski definition) is 2. The summed E-state index contributed by atoms with van der Waals surface area (Å²) in [6, 6.07) is 2.23. The summed E-state index contributed by atoms with van der Waals surface area (Å²) in [6.45, 7) is 12.1. The maximum absolute atomic E-state index is 12.6. The first-order valence-electron chi connectivity index (χ1n) is 9.23. The van der Waals surface area contributed by atoms with Gasteiger partial charge in [-0.15, -0.1) is 0 Å². The van der Waals surface area contributed by atoms with Gasteiger partial charge in [-0.05, 0) is 40.5 Å². The maximum Gasteiger partial charge on any atom is 0.266 e. The summed E-state index contributed by atoms with van der Waals surface area (Å²) < 4.78 is 0. The lowest BCUT2D eigenvalue weighted by atomic mass is 9.79. The zero-order valence-corrected chi connectivity index (χ0v) is 16.6. The lowest BCUT2D eigenvalue weighted by Gasteiger charge is -2.46. The molecule has 144 valence electrons. The normalized spacial score (nSPS) is 23.3. The second-order valence-corrected chi connectivity index (χ2v) is 8.63. The molecule has 0 aliphatic carbocycles. The highest BCUT2D eigenvalue weighted by molar-refractivity contribution is 5.97. The molecule has 0 bridgehead atoms. The van der Waals surface area contributed by atoms with Gasteiger partial charge in [0.2, 0.25) is 5.91 Å². The number of piperazine rings is 1. The zero-order valence-electron chi connectivity index (χ0n) is 16.6. The van der Waals surface area contributed by atoms with Gasteiger partial charge in [-0.1, -0.05) is 0 Å². The summed E-state index contributed by atoms with van der Waals surface area (Å²) >= 11 is 0. The Morgan fingerprint density at radius 2 is 1.58 bits per heavy atom. The van der Waals surface area contributed by atoms with Crippen LogP contribution in [0.2, 0.25) is 0 Å². The molecule has 0 atom stereocenters. The summed E-state index contributed by atoms with van der Waals surface area (Å²) in [5, 5.41) is 16.3. The molecule has 7 nitrogen and oxygen atoms in total. The molecule has 2 aliphatic heterocycles. The molecule has 0 saturated carbocycles. The quantitative estimate of drug-likeness (QED) is 0.578. The van der Waals surface area contributed by atoms with Crippen LogP contribution in [0.25, 0.3) is 0 Å². The van der Waals surface area contributed by atoms with Crippen LogP contribution in [0, 0.1) is 11.3 Å². The van der Waals surface area contributed by atoms with E-state index in [1.54, 1.807) is 16.0 Å². The van der Waals surface area contributed by atoms with E-state index in [2.05, 4.69) is 38.3 Å². The van der Waals surface area contributed by atoms with E-state index >= 15 is 0 Å². The van der Waals surface area contributed by atoms with Crippen LogP contribution in [0.5, 0.6) is 0 Å². The maximum atomic E-state index is 12.6. The monoisotopic (exact) mass is 361 g/mol. The van der Waals surface area contributed by atoms with Crippen LogP contribution < -0.4 is 10.6 Å². The second kappa shape index (κ2) is 7.67. The van der Waals surface area contributed by atoms with E-state index in [1.165, 1.54) is 6.92 Å². The molecule has 2 saturated heterocycles. The van der Waals surface area contributed by atoms with Gasteiger partial charge in [-0.2, -0.15) is 5.26 Å². The summed E-state index contributed by atoms with van der Waals surface area (Å²) in [4.78, 5) is 27.4. The van der Waals surface area contributed by atoms with Crippen molar-refractivity contribution in [1.82, 2.24) is 20.4 Å². The molecule has 2 amide bonds. The summed E-state index contributed by atoms with van der Waals surface area (Å²) in [5.41, 5.74) is 0.107. The number of piperidine rings is 1. The third-order valence-electron chi connectivity index (χ3n) is 5.02. The molecular weight excluding hydrogens is 330 g/mol. The molecule has 2 heterocycles. The number of carbonyl (C=O) groups is 2. The first-order valence-corrected chi connectivity index (χ1v) is 9.23. The Balaban J connectivity index is 1.98. The van der Waals surface area contributed by atoms with Crippen LogP contribution in [0.4, 0.5) is 0 Å². The number of amides is 2. The summed E-state index contributed by atoms with van der Waals surface area (Å²) in [7, 11) is 0. The highest BCUT2D eigenvalue weighted by Gasteiger charge is 2.37. The van der Waals surface area contributed by atoms with Crippen molar-refractivity contribution in [2.75, 3.05) is 26.2 Å². The predicted octanol–water partition coefficient (Wildman–Crippen LogP) is 0.983. The second-order valence-electron chi connectivity index (χ2n) is 8.63.